The van der Waals surface area contributed by atoms with Crippen LogP contribution < -0.4 is 10.6 Å². The number of carbonyl (C=O) groups excluding carboxylic acids is 1. The van der Waals surface area contributed by atoms with Crippen LogP contribution in [0.5, 0.6) is 0 Å². The van der Waals surface area contributed by atoms with Crippen molar-refractivity contribution < 1.29 is 4.79 Å². The maximum atomic E-state index is 12.2. The molecule has 1 heterocycles. The van der Waals surface area contributed by atoms with Crippen LogP contribution in [-0.4, -0.2) is 11.9 Å². The topological polar surface area (TPSA) is 41.1 Å². The molecule has 1 aromatic carbocycles. The number of para-hydroxylation sites is 1. The zero-order valence-electron chi connectivity index (χ0n) is 10.8. The van der Waals surface area contributed by atoms with Crippen LogP contribution in [0.4, 0.5) is 11.4 Å². The van der Waals surface area contributed by atoms with Gasteiger partial charge in [0, 0.05) is 0 Å². The van der Waals surface area contributed by atoms with Crippen molar-refractivity contribution in [3.05, 3.63) is 23.8 Å². The van der Waals surface area contributed by atoms with Crippen molar-refractivity contribution in [3.63, 3.8) is 0 Å². The summed E-state index contributed by atoms with van der Waals surface area (Å²) in [6.45, 7) is 2.03. The molecule has 3 heteroatoms. The lowest BCUT2D eigenvalue weighted by atomic mass is 9.82. The Morgan fingerprint density at radius 3 is 2.72 bits per heavy atom. The number of anilines is 2. The van der Waals surface area contributed by atoms with Gasteiger partial charge in [0.15, 0.2) is 0 Å². The third-order valence-electron chi connectivity index (χ3n) is 4.24. The minimum Gasteiger partial charge on any atom is -0.372 e. The highest BCUT2D eigenvalue weighted by molar-refractivity contribution is 6.03. The highest BCUT2D eigenvalue weighted by Gasteiger charge is 2.33. The Bertz CT molecular complexity index is 464. The summed E-state index contributed by atoms with van der Waals surface area (Å²) < 4.78 is 0. The summed E-state index contributed by atoms with van der Waals surface area (Å²) in [5.74, 6) is 0.635. The van der Waals surface area contributed by atoms with Crippen LogP contribution in [0.2, 0.25) is 0 Å². The van der Waals surface area contributed by atoms with E-state index in [-0.39, 0.29) is 11.9 Å². The molecule has 1 aromatic rings. The number of carbonyl (C=O) groups is 1. The number of rotatable bonds is 1. The Kier molecular flexibility index (Phi) is 2.98. The van der Waals surface area contributed by atoms with Gasteiger partial charge in [-0.15, -0.1) is 0 Å². The molecule has 0 spiro atoms. The standard InChI is InChI=1S/C15H20N2O/c1-10-6-5-9-12-13(10)17-15(18)14(16-12)11-7-3-2-4-8-11/h5-6,9,11,14,16H,2-4,7-8H2,1H3,(H,17,18). The van der Waals surface area contributed by atoms with Crippen LogP contribution in [0.25, 0.3) is 0 Å². The lowest BCUT2D eigenvalue weighted by Crippen LogP contribution is -2.44. The van der Waals surface area contributed by atoms with E-state index in [9.17, 15) is 4.79 Å². The molecular formula is C15H20N2O. The molecule has 96 valence electrons. The fraction of sp³-hybridized carbons (Fsp3) is 0.533. The Hall–Kier alpha value is -1.51. The lowest BCUT2D eigenvalue weighted by Gasteiger charge is -2.35. The van der Waals surface area contributed by atoms with E-state index in [4.69, 9.17) is 0 Å². The van der Waals surface area contributed by atoms with Gasteiger partial charge < -0.3 is 10.6 Å². The largest absolute Gasteiger partial charge is 0.372 e. The Balaban J connectivity index is 1.85. The van der Waals surface area contributed by atoms with Crippen molar-refractivity contribution in [2.75, 3.05) is 10.6 Å². The van der Waals surface area contributed by atoms with Crippen molar-refractivity contribution >= 4 is 17.3 Å². The van der Waals surface area contributed by atoms with E-state index in [1.54, 1.807) is 0 Å². The number of amides is 1. The fourth-order valence-electron chi connectivity index (χ4n) is 3.19. The molecule has 1 amide bonds. The maximum absolute atomic E-state index is 12.2. The highest BCUT2D eigenvalue weighted by Crippen LogP contribution is 2.35. The Morgan fingerprint density at radius 1 is 1.17 bits per heavy atom. The summed E-state index contributed by atoms with van der Waals surface area (Å²) in [6, 6.07) is 6.08. The number of fused-ring (bicyclic) bond motifs is 1. The van der Waals surface area contributed by atoms with E-state index in [0.717, 1.165) is 16.9 Å². The molecule has 3 nitrogen and oxygen atoms in total. The van der Waals surface area contributed by atoms with Crippen LogP contribution in [0.15, 0.2) is 18.2 Å². The first-order valence-electron chi connectivity index (χ1n) is 6.93. The summed E-state index contributed by atoms with van der Waals surface area (Å²) in [5.41, 5.74) is 3.15. The molecule has 18 heavy (non-hydrogen) atoms. The zero-order valence-corrected chi connectivity index (χ0v) is 10.8. The minimum atomic E-state index is -0.0420. The highest BCUT2D eigenvalue weighted by atomic mass is 16.2. The van der Waals surface area contributed by atoms with E-state index in [2.05, 4.69) is 16.7 Å². The molecule has 0 saturated heterocycles. The number of aryl methyl sites for hydroxylation is 1. The number of benzene rings is 1. The molecule has 1 atom stereocenters. The average Bonchev–Trinajstić information content (AvgIpc) is 2.40. The summed E-state index contributed by atoms with van der Waals surface area (Å²) >= 11 is 0. The van der Waals surface area contributed by atoms with E-state index < -0.39 is 0 Å². The Labute approximate surface area is 108 Å². The van der Waals surface area contributed by atoms with Crippen LogP contribution in [0.1, 0.15) is 37.7 Å². The van der Waals surface area contributed by atoms with Crippen LogP contribution >= 0.6 is 0 Å². The second-order valence-electron chi connectivity index (χ2n) is 5.51. The predicted molar refractivity (Wildman–Crippen MR) is 73.8 cm³/mol. The molecule has 2 N–H and O–H groups in total. The van der Waals surface area contributed by atoms with Crippen LogP contribution in [-0.2, 0) is 4.79 Å². The van der Waals surface area contributed by atoms with Gasteiger partial charge in [-0.05, 0) is 37.3 Å². The second kappa shape index (κ2) is 4.63. The van der Waals surface area contributed by atoms with Crippen LogP contribution in [0.3, 0.4) is 0 Å². The lowest BCUT2D eigenvalue weighted by molar-refractivity contribution is -0.118. The van der Waals surface area contributed by atoms with Gasteiger partial charge in [0.25, 0.3) is 0 Å². The average molecular weight is 244 g/mol. The van der Waals surface area contributed by atoms with E-state index >= 15 is 0 Å². The zero-order chi connectivity index (χ0) is 12.5. The third kappa shape index (κ3) is 1.98. The molecule has 1 saturated carbocycles. The summed E-state index contributed by atoms with van der Waals surface area (Å²) in [4.78, 5) is 12.2. The number of nitrogens with one attached hydrogen (secondary N) is 2. The molecule has 1 unspecified atom stereocenters. The van der Waals surface area contributed by atoms with Crippen molar-refractivity contribution in [3.8, 4) is 0 Å². The summed E-state index contributed by atoms with van der Waals surface area (Å²) in [7, 11) is 0. The summed E-state index contributed by atoms with van der Waals surface area (Å²) in [5, 5.41) is 6.52. The van der Waals surface area contributed by atoms with Crippen molar-refractivity contribution in [1.82, 2.24) is 0 Å². The fourth-order valence-corrected chi connectivity index (χ4v) is 3.19. The SMILES string of the molecule is Cc1cccc2c1NC(=O)C(C1CCCCC1)N2. The Morgan fingerprint density at radius 2 is 1.94 bits per heavy atom. The van der Waals surface area contributed by atoms with Gasteiger partial charge >= 0.3 is 0 Å². The second-order valence-corrected chi connectivity index (χ2v) is 5.51. The molecule has 1 aliphatic heterocycles. The first-order chi connectivity index (χ1) is 8.75. The van der Waals surface area contributed by atoms with Crippen molar-refractivity contribution in [1.29, 1.82) is 0 Å². The van der Waals surface area contributed by atoms with Gasteiger partial charge in [-0.1, -0.05) is 31.4 Å². The molecule has 2 aliphatic rings. The molecule has 1 fully saturated rings. The van der Waals surface area contributed by atoms with Gasteiger partial charge in [-0.25, -0.2) is 0 Å². The first kappa shape index (κ1) is 11.6. The number of hydrogen-bond acceptors (Lipinski definition) is 2. The molecule has 0 aromatic heterocycles. The smallest absolute Gasteiger partial charge is 0.247 e. The van der Waals surface area contributed by atoms with Gasteiger partial charge in [0.1, 0.15) is 6.04 Å². The van der Waals surface area contributed by atoms with Crippen LogP contribution in [0, 0.1) is 12.8 Å². The normalized spacial score (nSPS) is 24.1. The minimum absolute atomic E-state index is 0.0420. The summed E-state index contributed by atoms with van der Waals surface area (Å²) in [6.07, 6.45) is 6.19. The maximum Gasteiger partial charge on any atom is 0.247 e. The first-order valence-corrected chi connectivity index (χ1v) is 6.93. The molecular weight excluding hydrogens is 224 g/mol. The molecule has 1 aliphatic carbocycles. The predicted octanol–water partition coefficient (Wildman–Crippen LogP) is 3.31. The van der Waals surface area contributed by atoms with E-state index in [1.165, 1.54) is 32.1 Å². The van der Waals surface area contributed by atoms with Gasteiger partial charge in [0.05, 0.1) is 11.4 Å². The van der Waals surface area contributed by atoms with Gasteiger partial charge in [0.2, 0.25) is 5.91 Å². The van der Waals surface area contributed by atoms with E-state index in [1.807, 2.05) is 19.1 Å². The molecule has 0 bridgehead atoms. The third-order valence-corrected chi connectivity index (χ3v) is 4.24. The van der Waals surface area contributed by atoms with Gasteiger partial charge in [-0.3, -0.25) is 4.79 Å². The van der Waals surface area contributed by atoms with E-state index in [0.29, 0.717) is 5.92 Å². The monoisotopic (exact) mass is 244 g/mol. The quantitative estimate of drug-likeness (QED) is 0.795. The van der Waals surface area contributed by atoms with Crippen molar-refractivity contribution in [2.45, 2.75) is 45.1 Å². The van der Waals surface area contributed by atoms with Crippen molar-refractivity contribution in [2.24, 2.45) is 5.92 Å². The number of hydrogen-bond donors (Lipinski definition) is 2. The van der Waals surface area contributed by atoms with Gasteiger partial charge in [-0.2, -0.15) is 0 Å². The molecule has 0 radical (unpaired) electrons. The molecule has 3 rings (SSSR count).